The second kappa shape index (κ2) is 8.70. The number of urea groups is 1. The third kappa shape index (κ3) is 5.78. The Bertz CT molecular complexity index is 363. The van der Waals surface area contributed by atoms with Crippen molar-refractivity contribution in [3.05, 3.63) is 12.7 Å². The van der Waals surface area contributed by atoms with Crippen molar-refractivity contribution in [3.63, 3.8) is 0 Å². The Kier molecular flexibility index (Phi) is 7.26. The van der Waals surface area contributed by atoms with Gasteiger partial charge in [-0.05, 0) is 24.7 Å². The summed E-state index contributed by atoms with van der Waals surface area (Å²) in [7, 11) is 0. The normalized spacial score (nSPS) is 17.0. The van der Waals surface area contributed by atoms with E-state index in [0.29, 0.717) is 19.6 Å². The van der Waals surface area contributed by atoms with Gasteiger partial charge in [-0.25, -0.2) is 4.79 Å². The van der Waals surface area contributed by atoms with E-state index in [1.165, 1.54) is 0 Å². The Labute approximate surface area is 127 Å². The standard InChI is InChI=1S/C16H28N2O3/c1-3-10-18(11-4-2)15(21)17-13-16(12-14(19)20)8-6-5-7-9-16/h3H,1,4-13H2,2H3,(H,17,21)(H,19,20). The molecule has 0 aromatic rings. The molecule has 0 unspecified atom stereocenters. The van der Waals surface area contributed by atoms with E-state index in [4.69, 9.17) is 5.11 Å². The number of rotatable bonds is 8. The fraction of sp³-hybridized carbons (Fsp3) is 0.750. The maximum Gasteiger partial charge on any atom is 0.317 e. The van der Waals surface area contributed by atoms with Crippen molar-refractivity contribution in [2.45, 2.75) is 51.9 Å². The first-order valence-electron chi connectivity index (χ1n) is 7.88. The van der Waals surface area contributed by atoms with Crippen LogP contribution in [-0.2, 0) is 4.79 Å². The fourth-order valence-corrected chi connectivity index (χ4v) is 3.12. The van der Waals surface area contributed by atoms with Crippen molar-refractivity contribution in [3.8, 4) is 0 Å². The van der Waals surface area contributed by atoms with E-state index >= 15 is 0 Å². The Balaban J connectivity index is 2.60. The van der Waals surface area contributed by atoms with Gasteiger partial charge in [0.05, 0.1) is 6.42 Å². The molecule has 1 saturated carbocycles. The molecule has 0 aromatic carbocycles. The zero-order valence-electron chi connectivity index (χ0n) is 13.1. The van der Waals surface area contributed by atoms with Crippen molar-refractivity contribution in [2.75, 3.05) is 19.6 Å². The summed E-state index contributed by atoms with van der Waals surface area (Å²) >= 11 is 0. The highest BCUT2D eigenvalue weighted by atomic mass is 16.4. The molecule has 0 spiro atoms. The number of amides is 2. The van der Waals surface area contributed by atoms with E-state index < -0.39 is 5.97 Å². The molecule has 5 nitrogen and oxygen atoms in total. The Morgan fingerprint density at radius 2 is 2.00 bits per heavy atom. The molecule has 2 N–H and O–H groups in total. The van der Waals surface area contributed by atoms with E-state index in [1.807, 2.05) is 6.92 Å². The monoisotopic (exact) mass is 296 g/mol. The summed E-state index contributed by atoms with van der Waals surface area (Å²) in [4.78, 5) is 25.0. The van der Waals surface area contributed by atoms with Crippen LogP contribution < -0.4 is 5.32 Å². The van der Waals surface area contributed by atoms with Crippen LogP contribution in [0.4, 0.5) is 4.79 Å². The SMILES string of the molecule is C=CCN(CCC)C(=O)NCC1(CC(=O)O)CCCCC1. The van der Waals surface area contributed by atoms with Crippen LogP contribution >= 0.6 is 0 Å². The van der Waals surface area contributed by atoms with Crippen molar-refractivity contribution in [2.24, 2.45) is 5.41 Å². The molecule has 5 heteroatoms. The summed E-state index contributed by atoms with van der Waals surface area (Å²) in [6, 6.07) is -0.118. The predicted octanol–water partition coefficient (Wildman–Crippen LogP) is 3.02. The number of aliphatic carboxylic acids is 1. The lowest BCUT2D eigenvalue weighted by molar-refractivity contribution is -0.140. The van der Waals surface area contributed by atoms with E-state index in [1.54, 1.807) is 11.0 Å². The Hall–Kier alpha value is -1.52. The predicted molar refractivity (Wildman–Crippen MR) is 83.2 cm³/mol. The van der Waals surface area contributed by atoms with Crippen LogP contribution in [0.25, 0.3) is 0 Å². The molecule has 2 amide bonds. The summed E-state index contributed by atoms with van der Waals surface area (Å²) in [5.41, 5.74) is -0.272. The summed E-state index contributed by atoms with van der Waals surface area (Å²) in [5.74, 6) is -0.775. The molecule has 0 radical (unpaired) electrons. The topological polar surface area (TPSA) is 69.6 Å². The van der Waals surface area contributed by atoms with E-state index in [0.717, 1.165) is 38.5 Å². The molecule has 120 valence electrons. The van der Waals surface area contributed by atoms with E-state index in [2.05, 4.69) is 11.9 Å². The summed E-state index contributed by atoms with van der Waals surface area (Å²) < 4.78 is 0. The molecule has 1 aliphatic carbocycles. The molecule has 21 heavy (non-hydrogen) atoms. The molecule has 1 fully saturated rings. The summed E-state index contributed by atoms with van der Waals surface area (Å²) in [6.07, 6.45) is 7.77. The summed E-state index contributed by atoms with van der Waals surface area (Å²) in [5, 5.41) is 12.1. The van der Waals surface area contributed by atoms with Crippen LogP contribution in [0.5, 0.6) is 0 Å². The fourth-order valence-electron chi connectivity index (χ4n) is 3.12. The lowest BCUT2D eigenvalue weighted by Crippen LogP contribution is -2.46. The molecule has 0 aromatic heterocycles. The first-order chi connectivity index (χ1) is 10.0. The van der Waals surface area contributed by atoms with E-state index in [-0.39, 0.29) is 17.9 Å². The number of nitrogens with zero attached hydrogens (tertiary/aromatic N) is 1. The number of hydrogen-bond donors (Lipinski definition) is 2. The van der Waals surface area contributed by atoms with Gasteiger partial charge in [0.15, 0.2) is 0 Å². The van der Waals surface area contributed by atoms with Crippen LogP contribution in [0.15, 0.2) is 12.7 Å². The second-order valence-corrected chi connectivity index (χ2v) is 6.02. The maximum absolute atomic E-state index is 12.2. The number of carbonyl (C=O) groups is 2. The molecular weight excluding hydrogens is 268 g/mol. The zero-order valence-corrected chi connectivity index (χ0v) is 13.1. The van der Waals surface area contributed by atoms with Crippen LogP contribution in [0, 0.1) is 5.41 Å². The number of carboxylic acid groups (broad SMARTS) is 1. The third-order valence-corrected chi connectivity index (χ3v) is 4.19. The van der Waals surface area contributed by atoms with Crippen LogP contribution in [0.1, 0.15) is 51.9 Å². The molecule has 0 bridgehead atoms. The first kappa shape index (κ1) is 17.5. The number of nitrogens with one attached hydrogen (secondary N) is 1. The Morgan fingerprint density at radius 1 is 1.33 bits per heavy atom. The average Bonchev–Trinajstić information content (AvgIpc) is 2.45. The largest absolute Gasteiger partial charge is 0.481 e. The zero-order chi connectivity index (χ0) is 15.7. The molecule has 0 saturated heterocycles. The van der Waals surface area contributed by atoms with Crippen LogP contribution in [0.3, 0.4) is 0 Å². The van der Waals surface area contributed by atoms with Gasteiger partial charge in [-0.1, -0.05) is 32.3 Å². The lowest BCUT2D eigenvalue weighted by atomic mass is 9.72. The van der Waals surface area contributed by atoms with Gasteiger partial charge in [-0.2, -0.15) is 0 Å². The molecule has 1 rings (SSSR count). The highest BCUT2D eigenvalue weighted by Gasteiger charge is 2.35. The van der Waals surface area contributed by atoms with Gasteiger partial charge >= 0.3 is 12.0 Å². The van der Waals surface area contributed by atoms with Gasteiger partial charge in [0.1, 0.15) is 0 Å². The van der Waals surface area contributed by atoms with Crippen molar-refractivity contribution in [1.82, 2.24) is 10.2 Å². The third-order valence-electron chi connectivity index (χ3n) is 4.19. The molecule has 0 heterocycles. The Morgan fingerprint density at radius 3 is 2.52 bits per heavy atom. The van der Waals surface area contributed by atoms with Gasteiger partial charge in [0.25, 0.3) is 0 Å². The molecular formula is C16H28N2O3. The number of carboxylic acids is 1. The molecule has 0 atom stereocenters. The van der Waals surface area contributed by atoms with Gasteiger partial charge in [0, 0.05) is 19.6 Å². The maximum atomic E-state index is 12.2. The highest BCUT2D eigenvalue weighted by Crippen LogP contribution is 2.38. The number of hydrogen-bond acceptors (Lipinski definition) is 2. The average molecular weight is 296 g/mol. The van der Waals surface area contributed by atoms with Gasteiger partial charge < -0.3 is 15.3 Å². The van der Waals surface area contributed by atoms with Gasteiger partial charge in [-0.15, -0.1) is 6.58 Å². The smallest absolute Gasteiger partial charge is 0.317 e. The minimum absolute atomic E-state index is 0.118. The van der Waals surface area contributed by atoms with Gasteiger partial charge in [-0.3, -0.25) is 4.79 Å². The van der Waals surface area contributed by atoms with Crippen molar-refractivity contribution in [1.29, 1.82) is 0 Å². The molecule has 1 aliphatic rings. The summed E-state index contributed by atoms with van der Waals surface area (Å²) in [6.45, 7) is 7.35. The van der Waals surface area contributed by atoms with Crippen LogP contribution in [-0.4, -0.2) is 41.6 Å². The quantitative estimate of drug-likeness (QED) is 0.676. The minimum Gasteiger partial charge on any atom is -0.481 e. The first-order valence-corrected chi connectivity index (χ1v) is 7.88. The van der Waals surface area contributed by atoms with Gasteiger partial charge in [0.2, 0.25) is 0 Å². The van der Waals surface area contributed by atoms with Crippen molar-refractivity contribution >= 4 is 12.0 Å². The lowest BCUT2D eigenvalue weighted by Gasteiger charge is -2.36. The minimum atomic E-state index is -0.775. The van der Waals surface area contributed by atoms with Crippen molar-refractivity contribution < 1.29 is 14.7 Å². The molecule has 0 aliphatic heterocycles. The van der Waals surface area contributed by atoms with Crippen LogP contribution in [0.2, 0.25) is 0 Å². The van der Waals surface area contributed by atoms with E-state index in [9.17, 15) is 9.59 Å². The second-order valence-electron chi connectivity index (χ2n) is 6.02. The highest BCUT2D eigenvalue weighted by molar-refractivity contribution is 5.74. The number of carbonyl (C=O) groups excluding carboxylic acids is 1.